The number of aryl methyl sites for hydroxylation is 1. The largest absolute Gasteiger partial charge is 0.423 e. The number of anilines is 1. The Labute approximate surface area is 181 Å². The highest BCUT2D eigenvalue weighted by atomic mass is 16.5. The highest BCUT2D eigenvalue weighted by molar-refractivity contribution is 5.87. The first-order valence-electron chi connectivity index (χ1n) is 10.8. The third-order valence-corrected chi connectivity index (χ3v) is 6.03. The van der Waals surface area contributed by atoms with Crippen LogP contribution in [0.3, 0.4) is 0 Å². The summed E-state index contributed by atoms with van der Waals surface area (Å²) in [5.41, 5.74) is 5.51. The monoisotopic (exact) mass is 414 g/mol. The van der Waals surface area contributed by atoms with Gasteiger partial charge in [0.1, 0.15) is 0 Å². The van der Waals surface area contributed by atoms with Crippen molar-refractivity contribution in [1.29, 1.82) is 0 Å². The van der Waals surface area contributed by atoms with Crippen molar-refractivity contribution in [2.75, 3.05) is 18.5 Å². The van der Waals surface area contributed by atoms with E-state index in [4.69, 9.17) is 14.1 Å². The van der Waals surface area contributed by atoms with Crippen molar-refractivity contribution in [1.82, 2.24) is 15.2 Å². The van der Waals surface area contributed by atoms with E-state index in [9.17, 15) is 0 Å². The topological polar surface area (TPSA) is 73.1 Å². The molecule has 31 heavy (non-hydrogen) atoms. The highest BCUT2D eigenvalue weighted by Crippen LogP contribution is 2.34. The third-order valence-electron chi connectivity index (χ3n) is 6.03. The van der Waals surface area contributed by atoms with Crippen LogP contribution in [0, 0.1) is 6.92 Å². The quantitative estimate of drug-likeness (QED) is 0.454. The van der Waals surface area contributed by atoms with E-state index >= 15 is 0 Å². The van der Waals surface area contributed by atoms with Crippen LogP contribution in [0.1, 0.15) is 48.5 Å². The Bertz CT molecular complexity index is 1180. The van der Waals surface area contributed by atoms with Crippen molar-refractivity contribution in [3.8, 4) is 11.5 Å². The minimum absolute atomic E-state index is 0.0800. The molecular formula is C25H26N4O2. The first-order valence-corrected chi connectivity index (χ1v) is 10.8. The van der Waals surface area contributed by atoms with E-state index in [1.165, 1.54) is 34.0 Å². The SMILES string of the molecule is Cc1cc([C@@H](C)Nc2ccccc2-c2nnco2)c2cc(C3CCOCC3)ncc2c1. The van der Waals surface area contributed by atoms with Crippen LogP contribution < -0.4 is 5.32 Å². The minimum atomic E-state index is 0.0800. The number of nitrogens with one attached hydrogen (secondary N) is 1. The van der Waals surface area contributed by atoms with Gasteiger partial charge >= 0.3 is 0 Å². The summed E-state index contributed by atoms with van der Waals surface area (Å²) in [7, 11) is 0. The molecule has 0 amide bonds. The van der Waals surface area contributed by atoms with E-state index in [-0.39, 0.29) is 6.04 Å². The lowest BCUT2D eigenvalue weighted by molar-refractivity contribution is 0.0845. The second-order valence-electron chi connectivity index (χ2n) is 8.23. The first-order chi connectivity index (χ1) is 15.2. The number of rotatable bonds is 5. The van der Waals surface area contributed by atoms with Gasteiger partial charge in [0, 0.05) is 48.1 Å². The summed E-state index contributed by atoms with van der Waals surface area (Å²) in [6, 6.07) is 14.9. The van der Waals surface area contributed by atoms with Crippen LogP contribution in [0.15, 0.2) is 59.5 Å². The number of ether oxygens (including phenoxy) is 1. The Morgan fingerprint density at radius 3 is 2.74 bits per heavy atom. The van der Waals surface area contributed by atoms with Gasteiger partial charge in [0.2, 0.25) is 12.3 Å². The summed E-state index contributed by atoms with van der Waals surface area (Å²) in [6.07, 6.45) is 5.44. The van der Waals surface area contributed by atoms with Gasteiger partial charge in [0.25, 0.3) is 0 Å². The fraction of sp³-hybridized carbons (Fsp3) is 0.320. The summed E-state index contributed by atoms with van der Waals surface area (Å²) in [6.45, 7) is 5.95. The van der Waals surface area contributed by atoms with Gasteiger partial charge in [-0.25, -0.2) is 0 Å². The predicted molar refractivity (Wildman–Crippen MR) is 121 cm³/mol. The fourth-order valence-electron chi connectivity index (χ4n) is 4.43. The van der Waals surface area contributed by atoms with Gasteiger partial charge in [-0.3, -0.25) is 4.98 Å². The van der Waals surface area contributed by atoms with E-state index in [0.717, 1.165) is 37.3 Å². The zero-order valence-electron chi connectivity index (χ0n) is 17.8. The third kappa shape index (κ3) is 4.03. The zero-order chi connectivity index (χ0) is 21.2. The number of fused-ring (bicyclic) bond motifs is 1. The standard InChI is InChI=1S/C25H26N4O2/c1-16-11-19-14-26-24(18-7-9-30-10-8-18)13-22(19)21(12-16)17(2)28-23-6-4-3-5-20(23)25-29-27-15-31-25/h3-6,11-15,17-18,28H,7-10H2,1-2H3/t17-/m1/s1. The van der Waals surface area contributed by atoms with Crippen LogP contribution in [0.25, 0.3) is 22.2 Å². The lowest BCUT2D eigenvalue weighted by atomic mass is 9.92. The maximum Gasteiger partial charge on any atom is 0.249 e. The molecule has 0 bridgehead atoms. The normalized spacial score (nSPS) is 15.8. The number of benzene rings is 2. The number of hydrogen-bond acceptors (Lipinski definition) is 6. The maximum atomic E-state index is 5.54. The molecule has 1 aliphatic heterocycles. The smallest absolute Gasteiger partial charge is 0.249 e. The second kappa shape index (κ2) is 8.47. The van der Waals surface area contributed by atoms with Gasteiger partial charge in [-0.2, -0.15) is 0 Å². The Morgan fingerprint density at radius 2 is 1.94 bits per heavy atom. The first kappa shape index (κ1) is 19.7. The molecule has 158 valence electrons. The Kier molecular flexibility index (Phi) is 5.38. The van der Waals surface area contributed by atoms with E-state index in [1.54, 1.807) is 0 Å². The Balaban J connectivity index is 1.52. The molecule has 1 aliphatic rings. The van der Waals surface area contributed by atoms with Crippen LogP contribution >= 0.6 is 0 Å². The number of para-hydroxylation sites is 1. The molecule has 6 heteroatoms. The molecule has 2 aromatic heterocycles. The lowest BCUT2D eigenvalue weighted by Gasteiger charge is -2.23. The molecule has 5 rings (SSSR count). The molecular weight excluding hydrogens is 388 g/mol. The zero-order valence-corrected chi connectivity index (χ0v) is 17.8. The van der Waals surface area contributed by atoms with E-state index in [0.29, 0.717) is 11.8 Å². The van der Waals surface area contributed by atoms with Crippen molar-refractivity contribution in [2.45, 2.75) is 38.6 Å². The van der Waals surface area contributed by atoms with Crippen molar-refractivity contribution in [3.05, 3.63) is 71.9 Å². The van der Waals surface area contributed by atoms with Crippen LogP contribution in [0.4, 0.5) is 5.69 Å². The number of pyridine rings is 1. The van der Waals surface area contributed by atoms with Crippen molar-refractivity contribution in [3.63, 3.8) is 0 Å². The second-order valence-corrected chi connectivity index (χ2v) is 8.23. The molecule has 6 nitrogen and oxygen atoms in total. The fourth-order valence-corrected chi connectivity index (χ4v) is 4.43. The molecule has 4 aromatic rings. The van der Waals surface area contributed by atoms with Crippen LogP contribution in [0.5, 0.6) is 0 Å². The van der Waals surface area contributed by atoms with E-state index in [2.05, 4.69) is 47.6 Å². The van der Waals surface area contributed by atoms with Gasteiger partial charge in [0.05, 0.1) is 5.56 Å². The van der Waals surface area contributed by atoms with Crippen molar-refractivity contribution in [2.24, 2.45) is 0 Å². The lowest BCUT2D eigenvalue weighted by Crippen LogP contribution is -2.15. The van der Waals surface area contributed by atoms with Gasteiger partial charge in [-0.15, -0.1) is 10.2 Å². The number of aromatic nitrogens is 3. The van der Waals surface area contributed by atoms with Crippen molar-refractivity contribution >= 4 is 16.5 Å². The van der Waals surface area contributed by atoms with Gasteiger partial charge in [-0.05, 0) is 61.9 Å². The summed E-state index contributed by atoms with van der Waals surface area (Å²) in [5.74, 6) is 0.976. The molecule has 3 heterocycles. The van der Waals surface area contributed by atoms with Gasteiger partial charge < -0.3 is 14.5 Å². The van der Waals surface area contributed by atoms with E-state index in [1.807, 2.05) is 30.5 Å². The predicted octanol–water partition coefficient (Wildman–Crippen LogP) is 5.66. The molecule has 2 aromatic carbocycles. The van der Waals surface area contributed by atoms with E-state index < -0.39 is 0 Å². The molecule has 0 unspecified atom stereocenters. The van der Waals surface area contributed by atoms with Crippen LogP contribution in [0.2, 0.25) is 0 Å². The molecule has 1 fully saturated rings. The maximum absolute atomic E-state index is 5.54. The summed E-state index contributed by atoms with van der Waals surface area (Å²) >= 11 is 0. The van der Waals surface area contributed by atoms with Crippen molar-refractivity contribution < 1.29 is 9.15 Å². The minimum Gasteiger partial charge on any atom is -0.423 e. The van der Waals surface area contributed by atoms with Crippen LogP contribution in [-0.4, -0.2) is 28.4 Å². The molecule has 1 N–H and O–H groups in total. The molecule has 0 saturated carbocycles. The molecule has 1 saturated heterocycles. The Morgan fingerprint density at radius 1 is 1.10 bits per heavy atom. The number of nitrogens with zero attached hydrogens (tertiary/aromatic N) is 3. The number of hydrogen-bond donors (Lipinski definition) is 1. The average molecular weight is 415 g/mol. The van der Waals surface area contributed by atoms with Crippen LogP contribution in [-0.2, 0) is 4.74 Å². The Hall–Kier alpha value is -3.25. The summed E-state index contributed by atoms with van der Waals surface area (Å²) in [4.78, 5) is 4.80. The molecule has 0 aliphatic carbocycles. The summed E-state index contributed by atoms with van der Waals surface area (Å²) < 4.78 is 11.0. The van der Waals surface area contributed by atoms with Gasteiger partial charge in [-0.1, -0.05) is 23.8 Å². The van der Waals surface area contributed by atoms with Gasteiger partial charge in [0.15, 0.2) is 0 Å². The highest BCUT2D eigenvalue weighted by Gasteiger charge is 2.20. The molecule has 1 atom stereocenters. The summed E-state index contributed by atoms with van der Waals surface area (Å²) in [5, 5.41) is 14.0. The average Bonchev–Trinajstić information content (AvgIpc) is 3.34. The molecule has 0 spiro atoms. The molecule has 0 radical (unpaired) electrons.